The molecule has 0 bridgehead atoms. The highest BCUT2D eigenvalue weighted by molar-refractivity contribution is 6.14. The molecule has 3 amide bonds. The summed E-state index contributed by atoms with van der Waals surface area (Å²) in [6.07, 6.45) is 4.19. The largest absolute Gasteiger partial charge is 0.490 e. The van der Waals surface area contributed by atoms with Gasteiger partial charge in [-0.25, -0.2) is 9.59 Å². The zero-order valence-electron chi connectivity index (χ0n) is 18.8. The molecule has 16 heteroatoms. The van der Waals surface area contributed by atoms with Crippen LogP contribution in [0.5, 0.6) is 0 Å². The number of amides is 3. The maximum absolute atomic E-state index is 11.9. The molecule has 13 nitrogen and oxygen atoms in total. The van der Waals surface area contributed by atoms with Gasteiger partial charge in [-0.05, 0) is 44.6 Å². The minimum Gasteiger partial charge on any atom is -0.475 e. The first-order valence-corrected chi connectivity index (χ1v) is 11.2. The molecule has 2 saturated carbocycles. The fourth-order valence-electron chi connectivity index (χ4n) is 3.65. The van der Waals surface area contributed by atoms with Crippen molar-refractivity contribution in [2.75, 3.05) is 10.6 Å². The summed E-state index contributed by atoms with van der Waals surface area (Å²) < 4.78 is 33.4. The minimum absolute atomic E-state index is 0.163. The molecular weight excluding hydrogens is 487 g/mol. The van der Waals surface area contributed by atoms with Gasteiger partial charge in [-0.3, -0.25) is 10.1 Å². The highest BCUT2D eigenvalue weighted by atomic mass is 19.4. The average molecular weight is 511 g/mol. The highest BCUT2D eigenvalue weighted by Gasteiger charge is 2.38. The van der Waals surface area contributed by atoms with Crippen molar-refractivity contribution in [3.8, 4) is 0 Å². The number of halogens is 3. The molecule has 2 aromatic rings. The SMILES string of the molecule is NC1CCC(Nc2nc(NC3CC3)n3ncc(C=C4NC(=O)NC4=O)c3n2)CC1.O=C(O)C(F)(F)F. The fourth-order valence-corrected chi connectivity index (χ4v) is 3.65. The monoisotopic (exact) mass is 511 g/mol. The Kier molecular flexibility index (Phi) is 6.96. The number of hydrogen-bond acceptors (Lipinski definition) is 9. The number of rotatable bonds is 5. The number of nitrogens with zero attached hydrogens (tertiary/aromatic N) is 4. The lowest BCUT2D eigenvalue weighted by atomic mass is 9.92. The van der Waals surface area contributed by atoms with Crippen molar-refractivity contribution in [2.24, 2.45) is 5.73 Å². The molecule has 3 heterocycles. The predicted octanol–water partition coefficient (Wildman–Crippen LogP) is 1.19. The summed E-state index contributed by atoms with van der Waals surface area (Å²) in [5, 5.41) is 23.0. The lowest BCUT2D eigenvalue weighted by molar-refractivity contribution is -0.192. The maximum Gasteiger partial charge on any atom is 0.490 e. The number of alkyl halides is 3. The topological polar surface area (TPSA) is 189 Å². The van der Waals surface area contributed by atoms with Gasteiger partial charge in [0.1, 0.15) is 5.70 Å². The lowest BCUT2D eigenvalue weighted by Crippen LogP contribution is -2.33. The van der Waals surface area contributed by atoms with E-state index in [1.807, 2.05) is 0 Å². The highest BCUT2D eigenvalue weighted by Crippen LogP contribution is 2.27. The van der Waals surface area contributed by atoms with Gasteiger partial charge in [0, 0.05) is 23.7 Å². The molecule has 0 spiro atoms. The zero-order chi connectivity index (χ0) is 26.0. The van der Waals surface area contributed by atoms with E-state index in [-0.39, 0.29) is 17.8 Å². The lowest BCUT2D eigenvalue weighted by Gasteiger charge is -2.26. The van der Waals surface area contributed by atoms with Crippen molar-refractivity contribution < 1.29 is 32.7 Å². The normalized spacial score (nSPS) is 23.1. The van der Waals surface area contributed by atoms with Crippen LogP contribution in [0.1, 0.15) is 44.1 Å². The summed E-state index contributed by atoms with van der Waals surface area (Å²) in [5.41, 5.74) is 7.34. The molecule has 0 radical (unpaired) electrons. The van der Waals surface area contributed by atoms with Crippen LogP contribution in [-0.4, -0.2) is 66.9 Å². The van der Waals surface area contributed by atoms with Crippen LogP contribution >= 0.6 is 0 Å². The van der Waals surface area contributed by atoms with Crippen molar-refractivity contribution in [1.29, 1.82) is 0 Å². The number of urea groups is 1. The maximum atomic E-state index is 11.9. The van der Waals surface area contributed by atoms with Crippen molar-refractivity contribution in [3.63, 3.8) is 0 Å². The Labute approximate surface area is 201 Å². The number of carbonyl (C=O) groups excluding carboxylic acids is 2. The van der Waals surface area contributed by atoms with Gasteiger partial charge < -0.3 is 26.8 Å². The first-order valence-electron chi connectivity index (χ1n) is 11.2. The zero-order valence-corrected chi connectivity index (χ0v) is 18.8. The van der Waals surface area contributed by atoms with Gasteiger partial charge in [0.2, 0.25) is 11.9 Å². The van der Waals surface area contributed by atoms with E-state index >= 15 is 0 Å². The molecule has 194 valence electrons. The fraction of sp³-hybridized carbons (Fsp3) is 0.500. The Bertz CT molecular complexity index is 1200. The van der Waals surface area contributed by atoms with Gasteiger partial charge in [0.05, 0.1) is 6.20 Å². The third-order valence-corrected chi connectivity index (χ3v) is 5.67. The Morgan fingerprint density at radius 2 is 1.69 bits per heavy atom. The van der Waals surface area contributed by atoms with Crippen LogP contribution in [0.25, 0.3) is 11.7 Å². The molecule has 2 aromatic heterocycles. The van der Waals surface area contributed by atoms with E-state index in [4.69, 9.17) is 15.6 Å². The third-order valence-electron chi connectivity index (χ3n) is 5.67. The molecule has 0 atom stereocenters. The third kappa shape index (κ3) is 6.18. The number of imide groups is 1. The second-order valence-corrected chi connectivity index (χ2v) is 8.65. The van der Waals surface area contributed by atoms with E-state index in [1.165, 1.54) is 0 Å². The van der Waals surface area contributed by atoms with Gasteiger partial charge in [-0.15, -0.1) is 0 Å². The number of anilines is 2. The van der Waals surface area contributed by atoms with Gasteiger partial charge in [0.25, 0.3) is 5.91 Å². The number of hydrogen-bond donors (Lipinski definition) is 6. The van der Waals surface area contributed by atoms with E-state index < -0.39 is 24.1 Å². The second-order valence-electron chi connectivity index (χ2n) is 8.65. The van der Waals surface area contributed by atoms with E-state index in [1.54, 1.807) is 16.8 Å². The standard InChI is InChI=1S/C18H23N9O2.C2HF3O2/c19-10-1-3-11(4-2-10)21-16-24-14-9(7-13-15(28)25-18(29)23-13)8-20-27(14)17(26-16)22-12-5-6-12;3-2(4,5)1(6)7/h7-8,10-12H,1-6,19H2,(H2,21,22,24,26)(H2,23,25,28,29);(H,6,7). The van der Waals surface area contributed by atoms with Gasteiger partial charge in [-0.1, -0.05) is 0 Å². The molecule has 3 aliphatic rings. The van der Waals surface area contributed by atoms with Crippen LogP contribution < -0.4 is 27.0 Å². The van der Waals surface area contributed by atoms with Crippen LogP contribution in [0.3, 0.4) is 0 Å². The van der Waals surface area contributed by atoms with Gasteiger partial charge in [0.15, 0.2) is 5.65 Å². The Morgan fingerprint density at radius 3 is 2.25 bits per heavy atom. The number of aliphatic carboxylic acids is 1. The Hall–Kier alpha value is -3.95. The molecule has 5 rings (SSSR count). The number of carboxylic acid groups (broad SMARTS) is 1. The Balaban J connectivity index is 0.000000384. The van der Waals surface area contributed by atoms with Crippen molar-refractivity contribution in [3.05, 3.63) is 17.5 Å². The molecule has 1 aliphatic heterocycles. The van der Waals surface area contributed by atoms with E-state index in [0.29, 0.717) is 29.1 Å². The van der Waals surface area contributed by atoms with Crippen LogP contribution in [-0.2, 0) is 9.59 Å². The molecule has 7 N–H and O–H groups in total. The number of nitrogens with one attached hydrogen (secondary N) is 4. The summed E-state index contributed by atoms with van der Waals surface area (Å²) in [6, 6.07) is 0.390. The van der Waals surface area contributed by atoms with E-state index in [9.17, 15) is 22.8 Å². The molecular formula is C20H24F3N9O4. The first-order chi connectivity index (χ1) is 17.0. The molecule has 3 fully saturated rings. The smallest absolute Gasteiger partial charge is 0.475 e. The number of carbonyl (C=O) groups is 3. The molecule has 0 aromatic carbocycles. The Morgan fingerprint density at radius 1 is 1.08 bits per heavy atom. The quantitative estimate of drug-likeness (QED) is 0.251. The number of aromatic nitrogens is 4. The summed E-state index contributed by atoms with van der Waals surface area (Å²) in [6.45, 7) is 0. The predicted molar refractivity (Wildman–Crippen MR) is 120 cm³/mol. The summed E-state index contributed by atoms with van der Waals surface area (Å²) >= 11 is 0. The van der Waals surface area contributed by atoms with Crippen LogP contribution in [0.15, 0.2) is 11.9 Å². The summed E-state index contributed by atoms with van der Waals surface area (Å²) in [4.78, 5) is 41.4. The van der Waals surface area contributed by atoms with E-state index in [2.05, 4.69) is 36.3 Å². The molecule has 36 heavy (non-hydrogen) atoms. The number of carboxylic acids is 1. The molecule has 0 unspecified atom stereocenters. The second kappa shape index (κ2) is 9.96. The van der Waals surface area contributed by atoms with Crippen LogP contribution in [0.4, 0.5) is 29.9 Å². The van der Waals surface area contributed by atoms with Crippen LogP contribution in [0, 0.1) is 0 Å². The van der Waals surface area contributed by atoms with E-state index in [0.717, 1.165) is 38.5 Å². The van der Waals surface area contributed by atoms with Crippen molar-refractivity contribution in [2.45, 2.75) is 62.8 Å². The number of nitrogens with two attached hydrogens (primary N) is 1. The molecule has 1 saturated heterocycles. The summed E-state index contributed by atoms with van der Waals surface area (Å²) in [5.74, 6) is -2.11. The minimum atomic E-state index is -5.08. The van der Waals surface area contributed by atoms with Gasteiger partial charge in [-0.2, -0.15) is 32.8 Å². The first kappa shape index (κ1) is 25.2. The number of fused-ring (bicyclic) bond motifs is 1. The van der Waals surface area contributed by atoms with Crippen molar-refractivity contribution in [1.82, 2.24) is 30.2 Å². The molecule has 2 aliphatic carbocycles. The summed E-state index contributed by atoms with van der Waals surface area (Å²) in [7, 11) is 0. The van der Waals surface area contributed by atoms with Crippen molar-refractivity contribution >= 4 is 41.5 Å². The average Bonchev–Trinajstić information content (AvgIpc) is 3.43. The van der Waals surface area contributed by atoms with Crippen LogP contribution in [0.2, 0.25) is 0 Å². The van der Waals surface area contributed by atoms with Gasteiger partial charge >= 0.3 is 18.2 Å².